The Labute approximate surface area is 163 Å². The fourth-order valence-electron chi connectivity index (χ4n) is 3.33. The molecule has 0 radical (unpaired) electrons. The van der Waals surface area contributed by atoms with Gasteiger partial charge >= 0.3 is 0 Å². The fraction of sp³-hybridized carbons (Fsp3) is 0.286. The molecule has 1 amide bonds. The quantitative estimate of drug-likeness (QED) is 0.420. The van der Waals surface area contributed by atoms with E-state index in [1.54, 1.807) is 24.3 Å². The Morgan fingerprint density at radius 3 is 2.48 bits per heavy atom. The Kier molecular flexibility index (Phi) is 6.24. The smallest absolute Gasteiger partial charge is 0.269 e. The third-order valence-electron chi connectivity index (χ3n) is 4.85. The fourth-order valence-corrected chi connectivity index (χ4v) is 3.46. The van der Waals surface area contributed by atoms with Crippen molar-refractivity contribution in [3.05, 3.63) is 80.9 Å². The van der Waals surface area contributed by atoms with Gasteiger partial charge in [0.25, 0.3) is 5.69 Å². The summed E-state index contributed by atoms with van der Waals surface area (Å²) in [4.78, 5) is 24.8. The van der Waals surface area contributed by atoms with Crippen molar-refractivity contribution in [3.8, 4) is 0 Å². The molecule has 2 aromatic rings. The number of carbonyl (C=O) groups is 1. The maximum Gasteiger partial charge on any atom is 0.269 e. The van der Waals surface area contributed by atoms with E-state index in [0.29, 0.717) is 17.5 Å². The average molecular weight is 385 g/mol. The zero-order valence-corrected chi connectivity index (χ0v) is 15.6. The summed E-state index contributed by atoms with van der Waals surface area (Å²) in [5, 5.41) is 11.4. The van der Waals surface area contributed by atoms with Crippen LogP contribution in [0.25, 0.3) is 6.08 Å². The predicted molar refractivity (Wildman–Crippen MR) is 107 cm³/mol. The first kappa shape index (κ1) is 19.1. The Hall–Kier alpha value is -2.66. The summed E-state index contributed by atoms with van der Waals surface area (Å²) in [5.74, 6) is 0.274. The number of nitro benzene ring substituents is 1. The monoisotopic (exact) mass is 384 g/mol. The van der Waals surface area contributed by atoms with Crippen LogP contribution in [0.2, 0.25) is 5.02 Å². The van der Waals surface area contributed by atoms with Gasteiger partial charge in [-0.1, -0.05) is 30.2 Å². The Morgan fingerprint density at radius 1 is 1.11 bits per heavy atom. The summed E-state index contributed by atoms with van der Waals surface area (Å²) in [6.45, 7) is 1.43. The zero-order valence-electron chi connectivity index (χ0n) is 14.9. The normalized spacial score (nSPS) is 17.7. The molecule has 1 saturated heterocycles. The summed E-state index contributed by atoms with van der Waals surface area (Å²) in [6.07, 6.45) is 6.38. The van der Waals surface area contributed by atoms with E-state index in [4.69, 9.17) is 11.6 Å². The first-order chi connectivity index (χ1) is 13.0. The summed E-state index contributed by atoms with van der Waals surface area (Å²) in [5.41, 5.74) is 2.01. The molecule has 0 bridgehead atoms. The highest BCUT2D eigenvalue weighted by Crippen LogP contribution is 2.27. The number of hydrogen-bond donors (Lipinski definition) is 0. The zero-order chi connectivity index (χ0) is 19.2. The van der Waals surface area contributed by atoms with Crippen molar-refractivity contribution in [1.29, 1.82) is 0 Å². The lowest BCUT2D eigenvalue weighted by Gasteiger charge is -2.23. The second-order valence-electron chi connectivity index (χ2n) is 6.71. The number of benzene rings is 2. The molecule has 3 rings (SSSR count). The van der Waals surface area contributed by atoms with Gasteiger partial charge in [-0.3, -0.25) is 14.9 Å². The molecule has 1 unspecified atom stereocenters. The second kappa shape index (κ2) is 8.82. The van der Waals surface area contributed by atoms with E-state index in [9.17, 15) is 14.9 Å². The van der Waals surface area contributed by atoms with Crippen LogP contribution in [-0.4, -0.2) is 28.8 Å². The number of carbonyl (C=O) groups excluding carboxylic acids is 1. The predicted octanol–water partition coefficient (Wildman–Crippen LogP) is 5.06. The summed E-state index contributed by atoms with van der Waals surface area (Å²) in [6, 6.07) is 14.0. The molecule has 1 aliphatic rings. The minimum Gasteiger partial charge on any atom is -0.339 e. The van der Waals surface area contributed by atoms with E-state index in [1.165, 1.54) is 17.7 Å². The second-order valence-corrected chi connectivity index (χ2v) is 7.15. The van der Waals surface area contributed by atoms with Gasteiger partial charge in [0.1, 0.15) is 0 Å². The van der Waals surface area contributed by atoms with Crippen LogP contribution in [-0.2, 0) is 4.79 Å². The molecule has 5 nitrogen and oxygen atoms in total. The van der Waals surface area contributed by atoms with Crippen molar-refractivity contribution in [2.24, 2.45) is 0 Å². The number of non-ortho nitro benzene ring substituents is 1. The summed E-state index contributed by atoms with van der Waals surface area (Å²) < 4.78 is 0. The number of amides is 1. The van der Waals surface area contributed by atoms with Gasteiger partial charge in [-0.2, -0.15) is 0 Å². The molecule has 2 aromatic carbocycles. The van der Waals surface area contributed by atoms with E-state index in [0.717, 1.165) is 31.4 Å². The molecule has 6 heteroatoms. The number of nitrogens with zero attached hydrogens (tertiary/aromatic N) is 2. The van der Waals surface area contributed by atoms with Gasteiger partial charge in [0, 0.05) is 42.2 Å². The number of likely N-dealkylation sites (tertiary alicyclic amines) is 1. The molecule has 1 aliphatic heterocycles. The molecular weight excluding hydrogens is 364 g/mol. The first-order valence-electron chi connectivity index (χ1n) is 9.00. The Morgan fingerprint density at radius 2 is 1.81 bits per heavy atom. The number of rotatable bonds is 4. The van der Waals surface area contributed by atoms with Gasteiger partial charge in [-0.05, 0) is 54.3 Å². The van der Waals surface area contributed by atoms with Gasteiger partial charge in [0.15, 0.2) is 0 Å². The van der Waals surface area contributed by atoms with Crippen LogP contribution in [0.1, 0.15) is 36.3 Å². The van der Waals surface area contributed by atoms with Crippen molar-refractivity contribution in [2.45, 2.75) is 25.2 Å². The van der Waals surface area contributed by atoms with Crippen LogP contribution >= 0.6 is 11.6 Å². The maximum atomic E-state index is 12.6. The van der Waals surface area contributed by atoms with Crippen LogP contribution < -0.4 is 0 Å². The van der Waals surface area contributed by atoms with Crippen molar-refractivity contribution < 1.29 is 9.72 Å². The largest absolute Gasteiger partial charge is 0.339 e. The van der Waals surface area contributed by atoms with E-state index >= 15 is 0 Å². The average Bonchev–Trinajstić information content (AvgIpc) is 2.93. The van der Waals surface area contributed by atoms with Crippen LogP contribution in [0.15, 0.2) is 54.6 Å². The third kappa shape index (κ3) is 5.17. The lowest BCUT2D eigenvalue weighted by atomic mass is 9.94. The van der Waals surface area contributed by atoms with Crippen molar-refractivity contribution in [2.75, 3.05) is 13.1 Å². The van der Waals surface area contributed by atoms with Crippen LogP contribution in [0.3, 0.4) is 0 Å². The van der Waals surface area contributed by atoms with Gasteiger partial charge in [-0.15, -0.1) is 0 Å². The topological polar surface area (TPSA) is 63.4 Å². The summed E-state index contributed by atoms with van der Waals surface area (Å²) in [7, 11) is 0. The lowest BCUT2D eigenvalue weighted by molar-refractivity contribution is -0.384. The molecule has 1 atom stereocenters. The number of nitro groups is 1. The van der Waals surface area contributed by atoms with Gasteiger partial charge in [0.05, 0.1) is 4.92 Å². The van der Waals surface area contributed by atoms with Crippen molar-refractivity contribution >= 4 is 29.3 Å². The highest BCUT2D eigenvalue weighted by atomic mass is 35.5. The van der Waals surface area contributed by atoms with E-state index < -0.39 is 4.92 Å². The van der Waals surface area contributed by atoms with E-state index in [1.807, 2.05) is 29.2 Å². The van der Waals surface area contributed by atoms with E-state index in [-0.39, 0.29) is 11.6 Å². The van der Waals surface area contributed by atoms with Crippen LogP contribution in [0.4, 0.5) is 5.69 Å². The SMILES string of the molecule is O=C(/C=C/c1ccc([N+](=O)[O-])cc1)N1CCCCC(c2ccc(Cl)cc2)C1. The van der Waals surface area contributed by atoms with Crippen LogP contribution in [0, 0.1) is 10.1 Å². The molecule has 0 aliphatic carbocycles. The molecule has 1 fully saturated rings. The molecule has 0 N–H and O–H groups in total. The lowest BCUT2D eigenvalue weighted by Crippen LogP contribution is -2.32. The molecule has 27 heavy (non-hydrogen) atoms. The highest BCUT2D eigenvalue weighted by Gasteiger charge is 2.22. The minimum absolute atomic E-state index is 0.0331. The molecule has 1 heterocycles. The van der Waals surface area contributed by atoms with E-state index in [2.05, 4.69) is 0 Å². The van der Waals surface area contributed by atoms with Crippen molar-refractivity contribution in [3.63, 3.8) is 0 Å². The highest BCUT2D eigenvalue weighted by molar-refractivity contribution is 6.30. The molecule has 0 aromatic heterocycles. The molecule has 0 spiro atoms. The number of hydrogen-bond acceptors (Lipinski definition) is 3. The Bertz CT molecular complexity index is 832. The first-order valence-corrected chi connectivity index (χ1v) is 9.37. The maximum absolute atomic E-state index is 12.6. The Balaban J connectivity index is 1.67. The van der Waals surface area contributed by atoms with Gasteiger partial charge < -0.3 is 4.90 Å². The summed E-state index contributed by atoms with van der Waals surface area (Å²) >= 11 is 5.98. The molecule has 0 saturated carbocycles. The van der Waals surface area contributed by atoms with Gasteiger partial charge in [-0.25, -0.2) is 0 Å². The van der Waals surface area contributed by atoms with Gasteiger partial charge in [0.2, 0.25) is 5.91 Å². The molecule has 140 valence electrons. The minimum atomic E-state index is -0.438. The molecular formula is C21H21ClN2O3. The third-order valence-corrected chi connectivity index (χ3v) is 5.10. The van der Waals surface area contributed by atoms with Crippen LogP contribution in [0.5, 0.6) is 0 Å². The number of halogens is 1. The standard InChI is InChI=1S/C21H21ClN2O3/c22-19-9-7-17(8-10-19)18-3-1-2-14-23(15-18)21(25)13-6-16-4-11-20(12-5-16)24(26)27/h4-13,18H,1-3,14-15H2/b13-6+. The van der Waals surface area contributed by atoms with Crippen molar-refractivity contribution in [1.82, 2.24) is 4.90 Å².